The maximum atomic E-state index is 12.7. The molecule has 156 valence electrons. The van der Waals surface area contributed by atoms with Crippen molar-refractivity contribution < 1.29 is 19.1 Å². The molecule has 2 aliphatic rings. The van der Waals surface area contributed by atoms with E-state index in [-0.39, 0.29) is 17.9 Å². The van der Waals surface area contributed by atoms with Crippen molar-refractivity contribution in [3.8, 4) is 0 Å². The third-order valence-corrected chi connectivity index (χ3v) is 5.13. The average molecular weight is 393 g/mol. The van der Waals surface area contributed by atoms with Crippen molar-refractivity contribution in [2.24, 2.45) is 11.8 Å². The fraction of sp³-hybridized carbons (Fsp3) is 0.750. The van der Waals surface area contributed by atoms with E-state index in [0.29, 0.717) is 24.7 Å². The zero-order chi connectivity index (χ0) is 20.1. The fourth-order valence-electron chi connectivity index (χ4n) is 3.65. The lowest BCUT2D eigenvalue weighted by molar-refractivity contribution is -0.121. The number of carbonyl (C=O) groups is 2. The van der Waals surface area contributed by atoms with Gasteiger partial charge in [-0.1, -0.05) is 0 Å². The molecule has 2 fully saturated rings. The van der Waals surface area contributed by atoms with Gasteiger partial charge in [-0.25, -0.2) is 4.79 Å². The maximum Gasteiger partial charge on any atom is 0.410 e. The predicted molar refractivity (Wildman–Crippen MR) is 105 cm³/mol. The van der Waals surface area contributed by atoms with Crippen LogP contribution in [-0.2, 0) is 20.8 Å². The van der Waals surface area contributed by atoms with Gasteiger partial charge in [-0.2, -0.15) is 5.10 Å². The van der Waals surface area contributed by atoms with Gasteiger partial charge in [0.15, 0.2) is 0 Å². The molecule has 1 atom stereocenters. The molecule has 0 bridgehead atoms. The van der Waals surface area contributed by atoms with Crippen molar-refractivity contribution in [2.45, 2.75) is 58.6 Å². The molecule has 3 heterocycles. The molecule has 0 radical (unpaired) electrons. The second kappa shape index (κ2) is 8.94. The van der Waals surface area contributed by atoms with E-state index >= 15 is 0 Å². The molecule has 1 N–H and O–H groups in total. The first-order valence-corrected chi connectivity index (χ1v) is 10.2. The quantitative estimate of drug-likeness (QED) is 0.851. The van der Waals surface area contributed by atoms with Gasteiger partial charge >= 0.3 is 6.09 Å². The summed E-state index contributed by atoms with van der Waals surface area (Å²) in [6.07, 6.45) is 6.86. The van der Waals surface area contributed by atoms with Crippen LogP contribution in [0.25, 0.3) is 0 Å². The van der Waals surface area contributed by atoms with Gasteiger partial charge in [0.25, 0.3) is 0 Å². The molecule has 0 aromatic carbocycles. The zero-order valence-corrected chi connectivity index (χ0v) is 17.1. The van der Waals surface area contributed by atoms with Crippen LogP contribution in [0, 0.1) is 11.8 Å². The normalized spacial score (nSPS) is 21.4. The summed E-state index contributed by atoms with van der Waals surface area (Å²) in [4.78, 5) is 26.6. The molecule has 1 aromatic heterocycles. The Hall–Kier alpha value is -2.09. The first-order valence-electron chi connectivity index (χ1n) is 10.2. The Morgan fingerprint density at radius 1 is 1.29 bits per heavy atom. The Morgan fingerprint density at radius 2 is 2.04 bits per heavy atom. The van der Waals surface area contributed by atoms with Gasteiger partial charge in [-0.15, -0.1) is 0 Å². The van der Waals surface area contributed by atoms with Crippen LogP contribution in [0.4, 0.5) is 10.5 Å². The smallest absolute Gasteiger partial charge is 0.410 e. The van der Waals surface area contributed by atoms with Crippen molar-refractivity contribution in [1.82, 2.24) is 14.7 Å². The predicted octanol–water partition coefficient (Wildman–Crippen LogP) is 2.90. The lowest BCUT2D eigenvalue weighted by Gasteiger charge is -2.33. The van der Waals surface area contributed by atoms with Crippen LogP contribution >= 0.6 is 0 Å². The second-order valence-corrected chi connectivity index (χ2v) is 8.76. The number of rotatable bonds is 4. The average Bonchev–Trinajstić information content (AvgIpc) is 3.08. The molecule has 1 aromatic rings. The van der Waals surface area contributed by atoms with Crippen LogP contribution in [0.15, 0.2) is 12.4 Å². The number of hydrogen-bond acceptors (Lipinski definition) is 5. The van der Waals surface area contributed by atoms with Crippen molar-refractivity contribution in [1.29, 1.82) is 0 Å². The highest BCUT2D eigenvalue weighted by atomic mass is 16.6. The summed E-state index contributed by atoms with van der Waals surface area (Å²) in [5, 5.41) is 7.32. The minimum atomic E-state index is -0.536. The van der Waals surface area contributed by atoms with Gasteiger partial charge in [0.2, 0.25) is 5.91 Å². The summed E-state index contributed by atoms with van der Waals surface area (Å²) in [6.45, 7) is 9.01. The second-order valence-electron chi connectivity index (χ2n) is 8.76. The highest BCUT2D eigenvalue weighted by Crippen LogP contribution is 2.22. The largest absolute Gasteiger partial charge is 0.444 e. The third-order valence-electron chi connectivity index (χ3n) is 5.13. The van der Waals surface area contributed by atoms with Gasteiger partial charge in [-0.3, -0.25) is 9.48 Å². The standard InChI is InChI=1S/C20H32N4O4/c1-20(2,3)28-19(26)23-8-4-5-16(13-23)18(25)22-17-11-21-24(14-17)12-15-6-9-27-10-7-15/h11,14-16H,4-10,12-13H2,1-3H3,(H,22,25). The molecule has 0 saturated carbocycles. The van der Waals surface area contributed by atoms with Gasteiger partial charge in [0.1, 0.15) is 5.60 Å². The number of piperidine rings is 1. The summed E-state index contributed by atoms with van der Waals surface area (Å²) in [7, 11) is 0. The Morgan fingerprint density at radius 3 is 2.75 bits per heavy atom. The number of ether oxygens (including phenoxy) is 2. The van der Waals surface area contributed by atoms with Gasteiger partial charge < -0.3 is 19.7 Å². The highest BCUT2D eigenvalue weighted by Gasteiger charge is 2.31. The zero-order valence-electron chi connectivity index (χ0n) is 17.1. The van der Waals surface area contributed by atoms with E-state index in [1.807, 2.05) is 31.6 Å². The lowest BCUT2D eigenvalue weighted by atomic mass is 9.97. The Labute approximate surface area is 166 Å². The summed E-state index contributed by atoms with van der Waals surface area (Å²) in [6, 6.07) is 0. The molecule has 3 rings (SSSR count). The maximum absolute atomic E-state index is 12.7. The molecule has 2 aliphatic heterocycles. The van der Waals surface area contributed by atoms with Crippen molar-refractivity contribution in [3.05, 3.63) is 12.4 Å². The third kappa shape index (κ3) is 5.95. The van der Waals surface area contributed by atoms with Crippen LogP contribution in [0.1, 0.15) is 46.5 Å². The SMILES string of the molecule is CC(C)(C)OC(=O)N1CCCC(C(=O)Nc2cnn(CC3CCOCC3)c2)C1. The minimum Gasteiger partial charge on any atom is -0.444 e. The van der Waals surface area contributed by atoms with E-state index in [9.17, 15) is 9.59 Å². The Bertz CT molecular complexity index is 676. The van der Waals surface area contributed by atoms with Crippen molar-refractivity contribution in [2.75, 3.05) is 31.6 Å². The summed E-state index contributed by atoms with van der Waals surface area (Å²) in [5.74, 6) is 0.261. The van der Waals surface area contributed by atoms with Crippen molar-refractivity contribution >= 4 is 17.7 Å². The number of nitrogens with zero attached hydrogens (tertiary/aromatic N) is 3. The monoisotopic (exact) mass is 392 g/mol. The Balaban J connectivity index is 1.50. The fourth-order valence-corrected chi connectivity index (χ4v) is 3.65. The number of likely N-dealkylation sites (tertiary alicyclic amines) is 1. The summed E-state index contributed by atoms with van der Waals surface area (Å²) < 4.78 is 12.7. The number of nitrogens with one attached hydrogen (secondary N) is 1. The van der Waals surface area contributed by atoms with E-state index < -0.39 is 5.60 Å². The first-order chi connectivity index (χ1) is 13.3. The summed E-state index contributed by atoms with van der Waals surface area (Å²) in [5.41, 5.74) is 0.164. The molecular weight excluding hydrogens is 360 g/mol. The van der Waals surface area contributed by atoms with E-state index in [4.69, 9.17) is 9.47 Å². The molecule has 2 amide bonds. The van der Waals surface area contributed by atoms with Gasteiger partial charge in [0, 0.05) is 39.0 Å². The summed E-state index contributed by atoms with van der Waals surface area (Å²) >= 11 is 0. The van der Waals surface area contributed by atoms with Crippen molar-refractivity contribution in [3.63, 3.8) is 0 Å². The van der Waals surface area contributed by atoms with Crippen LogP contribution < -0.4 is 5.32 Å². The van der Waals surface area contributed by atoms with Crippen LogP contribution in [0.5, 0.6) is 0 Å². The molecule has 1 unspecified atom stereocenters. The molecular formula is C20H32N4O4. The minimum absolute atomic E-state index is 0.0705. The number of carbonyl (C=O) groups excluding carboxylic acids is 2. The molecule has 28 heavy (non-hydrogen) atoms. The van der Waals surface area contributed by atoms with E-state index in [2.05, 4.69) is 10.4 Å². The van der Waals surface area contributed by atoms with Gasteiger partial charge in [0.05, 0.1) is 17.8 Å². The van der Waals surface area contributed by atoms with E-state index in [1.54, 1.807) is 11.1 Å². The molecule has 8 nitrogen and oxygen atoms in total. The number of anilines is 1. The topological polar surface area (TPSA) is 85.7 Å². The number of amides is 2. The lowest BCUT2D eigenvalue weighted by Crippen LogP contribution is -2.45. The van der Waals surface area contributed by atoms with Gasteiger partial charge in [-0.05, 0) is 52.4 Å². The molecule has 8 heteroatoms. The first kappa shape index (κ1) is 20.6. The molecule has 2 saturated heterocycles. The Kier molecular flexibility index (Phi) is 6.59. The van der Waals surface area contributed by atoms with E-state index in [1.165, 1.54) is 0 Å². The highest BCUT2D eigenvalue weighted by molar-refractivity contribution is 5.92. The number of hydrogen-bond donors (Lipinski definition) is 1. The van der Waals surface area contributed by atoms with E-state index in [0.717, 1.165) is 45.4 Å². The van der Waals surface area contributed by atoms with Crippen LogP contribution in [-0.4, -0.2) is 58.6 Å². The number of aromatic nitrogens is 2. The van der Waals surface area contributed by atoms with Crippen LogP contribution in [0.3, 0.4) is 0 Å². The molecule has 0 aliphatic carbocycles. The van der Waals surface area contributed by atoms with Crippen LogP contribution in [0.2, 0.25) is 0 Å². The molecule has 0 spiro atoms.